The fraction of sp³-hybridized carbons (Fsp3) is 0.357. The van der Waals surface area contributed by atoms with Crippen LogP contribution < -0.4 is 15.5 Å². The second-order valence-corrected chi connectivity index (χ2v) is 5.09. The summed E-state index contributed by atoms with van der Waals surface area (Å²) in [6.07, 6.45) is 0. The number of nitrogens with one attached hydrogen (secondary N) is 3. The molecule has 0 unspecified atom stereocenters. The molecule has 1 heterocycles. The van der Waals surface area contributed by atoms with E-state index in [2.05, 4.69) is 10.6 Å². The molecule has 0 aliphatic carbocycles. The minimum Gasteiger partial charge on any atom is -0.344 e. The smallest absolute Gasteiger partial charge is 0.288 e. The lowest BCUT2D eigenvalue weighted by molar-refractivity contribution is -0.856. The first-order valence-corrected chi connectivity index (χ1v) is 6.51. The summed E-state index contributed by atoms with van der Waals surface area (Å²) in [4.78, 5) is 36.9. The van der Waals surface area contributed by atoms with Gasteiger partial charge in [0.15, 0.2) is 0 Å². The van der Waals surface area contributed by atoms with Crippen molar-refractivity contribution in [2.45, 2.75) is 5.92 Å². The Balaban J connectivity index is 2.06. The number of hydrogen-bond acceptors (Lipinski definition) is 3. The van der Waals surface area contributed by atoms with Crippen LogP contribution >= 0.6 is 0 Å². The molecular weight excluding hydrogens is 258 g/mol. The van der Waals surface area contributed by atoms with E-state index in [0.29, 0.717) is 24.3 Å². The SMILES string of the molecule is C[NH+](C)CCNC(=O)C(=O)[C@H]1C(=O)Nc2ccccc21. The number of benzene rings is 1. The van der Waals surface area contributed by atoms with Gasteiger partial charge in [0, 0.05) is 5.69 Å². The Bertz CT molecular complexity index is 554. The third-order valence-corrected chi connectivity index (χ3v) is 3.19. The number of anilines is 1. The van der Waals surface area contributed by atoms with Gasteiger partial charge in [-0.3, -0.25) is 14.4 Å². The Morgan fingerprint density at radius 1 is 1.30 bits per heavy atom. The lowest BCUT2D eigenvalue weighted by atomic mass is 9.96. The molecule has 2 amide bonds. The Kier molecular flexibility index (Phi) is 4.14. The molecule has 0 fully saturated rings. The van der Waals surface area contributed by atoms with Crippen LogP contribution in [0.3, 0.4) is 0 Å². The maximum absolute atomic E-state index is 12.1. The molecule has 106 valence electrons. The van der Waals surface area contributed by atoms with Crippen molar-refractivity contribution in [3.05, 3.63) is 29.8 Å². The summed E-state index contributed by atoms with van der Waals surface area (Å²) in [7, 11) is 3.91. The van der Waals surface area contributed by atoms with Crippen LogP contribution in [0.15, 0.2) is 24.3 Å². The lowest BCUT2D eigenvalue weighted by Gasteiger charge is -2.10. The van der Waals surface area contributed by atoms with Crippen molar-refractivity contribution in [2.75, 3.05) is 32.5 Å². The Morgan fingerprint density at radius 3 is 2.70 bits per heavy atom. The van der Waals surface area contributed by atoms with Crippen LogP contribution in [-0.2, 0) is 14.4 Å². The number of rotatable bonds is 5. The lowest BCUT2D eigenvalue weighted by Crippen LogP contribution is -3.06. The number of carbonyl (C=O) groups excluding carboxylic acids is 3. The van der Waals surface area contributed by atoms with Gasteiger partial charge in [-0.1, -0.05) is 18.2 Å². The average molecular weight is 276 g/mol. The minimum absolute atomic E-state index is 0.406. The third-order valence-electron chi connectivity index (χ3n) is 3.19. The van der Waals surface area contributed by atoms with E-state index >= 15 is 0 Å². The van der Waals surface area contributed by atoms with Gasteiger partial charge in [-0.2, -0.15) is 0 Å². The van der Waals surface area contributed by atoms with E-state index in [1.54, 1.807) is 24.3 Å². The molecule has 1 aliphatic rings. The largest absolute Gasteiger partial charge is 0.344 e. The summed E-state index contributed by atoms with van der Waals surface area (Å²) >= 11 is 0. The number of para-hydroxylation sites is 1. The van der Waals surface area contributed by atoms with Crippen molar-refractivity contribution < 1.29 is 19.3 Å². The first-order valence-electron chi connectivity index (χ1n) is 6.51. The maximum atomic E-state index is 12.1. The second kappa shape index (κ2) is 5.83. The predicted molar refractivity (Wildman–Crippen MR) is 73.5 cm³/mol. The monoisotopic (exact) mass is 276 g/mol. The molecule has 2 rings (SSSR count). The first kappa shape index (κ1) is 14.2. The Morgan fingerprint density at radius 2 is 2.00 bits per heavy atom. The van der Waals surface area contributed by atoms with Crippen LogP contribution in [0.5, 0.6) is 0 Å². The summed E-state index contributed by atoms with van der Waals surface area (Å²) in [5, 5.41) is 5.17. The van der Waals surface area contributed by atoms with E-state index in [9.17, 15) is 14.4 Å². The highest BCUT2D eigenvalue weighted by Crippen LogP contribution is 2.32. The normalized spacial score (nSPS) is 16.8. The molecule has 1 aromatic rings. The molecule has 0 bridgehead atoms. The number of amides is 2. The number of quaternary nitrogens is 1. The molecule has 0 saturated carbocycles. The van der Waals surface area contributed by atoms with Gasteiger partial charge < -0.3 is 15.5 Å². The second-order valence-electron chi connectivity index (χ2n) is 5.09. The van der Waals surface area contributed by atoms with Crippen LogP contribution in [0.25, 0.3) is 0 Å². The van der Waals surface area contributed by atoms with Crippen molar-refractivity contribution in [3.8, 4) is 0 Å². The molecule has 1 aromatic carbocycles. The summed E-state index contributed by atoms with van der Waals surface area (Å²) in [6.45, 7) is 1.12. The topological polar surface area (TPSA) is 79.7 Å². The molecule has 6 heteroatoms. The van der Waals surface area contributed by atoms with E-state index in [4.69, 9.17) is 0 Å². The summed E-state index contributed by atoms with van der Waals surface area (Å²) < 4.78 is 0. The van der Waals surface area contributed by atoms with Crippen molar-refractivity contribution in [3.63, 3.8) is 0 Å². The summed E-state index contributed by atoms with van der Waals surface area (Å²) in [6, 6.07) is 6.92. The van der Waals surface area contributed by atoms with Gasteiger partial charge in [0.25, 0.3) is 5.91 Å². The molecular formula is C14H18N3O3+. The van der Waals surface area contributed by atoms with Crippen LogP contribution in [0.2, 0.25) is 0 Å². The molecule has 0 spiro atoms. The van der Waals surface area contributed by atoms with E-state index in [1.165, 1.54) is 4.90 Å². The Labute approximate surface area is 117 Å². The molecule has 6 nitrogen and oxygen atoms in total. The molecule has 1 atom stereocenters. The van der Waals surface area contributed by atoms with Gasteiger partial charge >= 0.3 is 0 Å². The van der Waals surface area contributed by atoms with E-state index < -0.39 is 23.5 Å². The molecule has 0 radical (unpaired) electrons. The summed E-state index contributed by atoms with van der Waals surface area (Å²) in [5.41, 5.74) is 1.16. The van der Waals surface area contributed by atoms with Gasteiger partial charge in [-0.25, -0.2) is 0 Å². The summed E-state index contributed by atoms with van der Waals surface area (Å²) in [5.74, 6) is -2.88. The average Bonchev–Trinajstić information content (AvgIpc) is 2.73. The van der Waals surface area contributed by atoms with Crippen LogP contribution in [-0.4, -0.2) is 44.8 Å². The number of hydrogen-bond donors (Lipinski definition) is 3. The fourth-order valence-corrected chi connectivity index (χ4v) is 2.11. The molecule has 20 heavy (non-hydrogen) atoms. The van der Waals surface area contributed by atoms with Gasteiger partial charge in [0.05, 0.1) is 27.2 Å². The van der Waals surface area contributed by atoms with Crippen molar-refractivity contribution in [1.29, 1.82) is 0 Å². The van der Waals surface area contributed by atoms with Gasteiger partial charge in [-0.15, -0.1) is 0 Å². The van der Waals surface area contributed by atoms with E-state index in [1.807, 2.05) is 14.1 Å². The van der Waals surface area contributed by atoms with Crippen molar-refractivity contribution in [1.82, 2.24) is 5.32 Å². The Hall–Kier alpha value is -2.21. The number of Topliss-reactive ketones (excluding diaryl/α,β-unsaturated/α-hetero) is 1. The van der Waals surface area contributed by atoms with Gasteiger partial charge in [0.1, 0.15) is 5.92 Å². The number of likely N-dealkylation sites (N-methyl/N-ethyl adjacent to an activating group) is 1. The predicted octanol–water partition coefficient (Wildman–Crippen LogP) is -1.45. The minimum atomic E-state index is -1.03. The highest BCUT2D eigenvalue weighted by Gasteiger charge is 2.39. The van der Waals surface area contributed by atoms with Crippen molar-refractivity contribution in [2.24, 2.45) is 0 Å². The van der Waals surface area contributed by atoms with E-state index in [-0.39, 0.29) is 0 Å². The first-order chi connectivity index (χ1) is 9.50. The van der Waals surface area contributed by atoms with Crippen LogP contribution in [0.1, 0.15) is 11.5 Å². The zero-order valence-electron chi connectivity index (χ0n) is 11.5. The van der Waals surface area contributed by atoms with E-state index in [0.717, 1.165) is 0 Å². The standard InChI is InChI=1S/C14H17N3O3/c1-17(2)8-7-15-14(20)12(18)11-9-5-3-4-6-10(9)16-13(11)19/h3-6,11H,7-8H2,1-2H3,(H,15,20)(H,16,19)/p+1/t11-/m0/s1. The number of fused-ring (bicyclic) bond motifs is 1. The van der Waals surface area contributed by atoms with Crippen LogP contribution in [0, 0.1) is 0 Å². The maximum Gasteiger partial charge on any atom is 0.288 e. The highest BCUT2D eigenvalue weighted by atomic mass is 16.2. The number of carbonyl (C=O) groups is 3. The third kappa shape index (κ3) is 2.85. The zero-order valence-corrected chi connectivity index (χ0v) is 11.5. The quantitative estimate of drug-likeness (QED) is 0.455. The highest BCUT2D eigenvalue weighted by molar-refractivity contribution is 6.44. The van der Waals surface area contributed by atoms with Gasteiger partial charge in [0.2, 0.25) is 11.7 Å². The zero-order chi connectivity index (χ0) is 14.7. The van der Waals surface area contributed by atoms with Crippen LogP contribution in [0.4, 0.5) is 5.69 Å². The molecule has 3 N–H and O–H groups in total. The van der Waals surface area contributed by atoms with Crippen molar-refractivity contribution >= 4 is 23.3 Å². The van der Waals surface area contributed by atoms with Gasteiger partial charge in [-0.05, 0) is 11.6 Å². The molecule has 1 aliphatic heterocycles. The number of ketones is 1. The molecule has 0 saturated heterocycles. The fourth-order valence-electron chi connectivity index (χ4n) is 2.11. The molecule has 0 aromatic heterocycles.